The van der Waals surface area contributed by atoms with Crippen molar-refractivity contribution >= 4 is 16.4 Å². The van der Waals surface area contributed by atoms with Crippen LogP contribution in [0.4, 0.5) is 8.78 Å². The summed E-state index contributed by atoms with van der Waals surface area (Å²) in [5, 5.41) is 12.8. The molecule has 0 amide bonds. The first-order valence-corrected chi connectivity index (χ1v) is 12.3. The van der Waals surface area contributed by atoms with E-state index < -0.39 is 11.6 Å². The van der Waals surface area contributed by atoms with Crippen LogP contribution in [0, 0.1) is 11.4 Å². The van der Waals surface area contributed by atoms with Gasteiger partial charge in [0.1, 0.15) is 17.1 Å². The average Bonchev–Trinajstić information content (AvgIpc) is 3.52. The van der Waals surface area contributed by atoms with E-state index >= 15 is 0 Å². The summed E-state index contributed by atoms with van der Waals surface area (Å²) in [5.41, 5.74) is 3.66. The summed E-state index contributed by atoms with van der Waals surface area (Å²) < 4.78 is 37.8. The maximum absolute atomic E-state index is 14.8. The molecule has 0 atom stereocenters. The van der Waals surface area contributed by atoms with E-state index in [0.29, 0.717) is 55.7 Å². The van der Waals surface area contributed by atoms with Crippen LogP contribution in [-0.4, -0.2) is 48.7 Å². The Balaban J connectivity index is 1.13. The van der Waals surface area contributed by atoms with Crippen LogP contribution < -0.4 is 10.1 Å². The van der Waals surface area contributed by atoms with E-state index in [4.69, 9.17) is 4.74 Å². The fraction of sp³-hybridized carbons (Fsp3) is 0.333. The van der Waals surface area contributed by atoms with E-state index in [0.717, 1.165) is 27.7 Å². The number of alkyl halides is 1. The number of nitrogens with one attached hydrogen (secondary N) is 1. The van der Waals surface area contributed by atoms with Crippen molar-refractivity contribution in [3.05, 3.63) is 72.3 Å². The van der Waals surface area contributed by atoms with Crippen LogP contribution in [0.25, 0.3) is 27.7 Å². The van der Waals surface area contributed by atoms with Gasteiger partial charge in [-0.1, -0.05) is 5.21 Å². The van der Waals surface area contributed by atoms with E-state index in [1.807, 2.05) is 41.1 Å². The molecule has 37 heavy (non-hydrogen) atoms. The van der Waals surface area contributed by atoms with Gasteiger partial charge in [0.15, 0.2) is 0 Å². The molecule has 3 aliphatic carbocycles. The van der Waals surface area contributed by atoms with Crippen molar-refractivity contribution < 1.29 is 13.5 Å². The Bertz CT molecular complexity index is 1640. The van der Waals surface area contributed by atoms with Crippen LogP contribution in [0.1, 0.15) is 30.4 Å². The van der Waals surface area contributed by atoms with Crippen LogP contribution in [0.5, 0.6) is 5.75 Å². The lowest BCUT2D eigenvalue weighted by atomic mass is 9.42. The number of hydrogen-bond donors (Lipinski definition) is 1. The van der Waals surface area contributed by atoms with E-state index in [1.54, 1.807) is 30.4 Å². The normalized spacial score (nSPS) is 22.2. The molecule has 0 spiro atoms. The molecule has 5 aromatic rings. The Morgan fingerprint density at radius 1 is 1.16 bits per heavy atom. The first-order valence-electron chi connectivity index (χ1n) is 12.3. The third-order valence-corrected chi connectivity index (χ3v) is 7.73. The molecule has 3 fully saturated rings. The van der Waals surface area contributed by atoms with Gasteiger partial charge in [0.2, 0.25) is 5.95 Å². The molecular weight excluding hydrogens is 476 g/mol. The van der Waals surface area contributed by atoms with Crippen molar-refractivity contribution in [1.82, 2.24) is 34.7 Å². The summed E-state index contributed by atoms with van der Waals surface area (Å²) in [7, 11) is 1.58. The highest BCUT2D eigenvalue weighted by Gasteiger charge is 2.68. The second kappa shape index (κ2) is 8.04. The predicted octanol–water partition coefficient (Wildman–Crippen LogP) is 4.32. The maximum Gasteiger partial charge on any atom is 0.217 e. The highest BCUT2D eigenvalue weighted by Crippen LogP contribution is 2.69. The van der Waals surface area contributed by atoms with Crippen molar-refractivity contribution in [1.29, 1.82) is 0 Å². The minimum atomic E-state index is -0.926. The molecule has 4 heterocycles. The minimum Gasteiger partial charge on any atom is -0.496 e. The zero-order valence-corrected chi connectivity index (χ0v) is 20.3. The van der Waals surface area contributed by atoms with Crippen LogP contribution >= 0.6 is 0 Å². The first kappa shape index (κ1) is 22.3. The molecule has 0 radical (unpaired) electrons. The van der Waals surface area contributed by atoms with Gasteiger partial charge in [-0.3, -0.25) is 0 Å². The Morgan fingerprint density at radius 3 is 2.81 bits per heavy atom. The fourth-order valence-electron chi connectivity index (χ4n) is 6.06. The van der Waals surface area contributed by atoms with Crippen molar-refractivity contribution in [3.63, 3.8) is 0 Å². The number of fused-ring (bicyclic) bond motifs is 2. The van der Waals surface area contributed by atoms with Crippen molar-refractivity contribution in [2.75, 3.05) is 13.7 Å². The van der Waals surface area contributed by atoms with E-state index in [-0.39, 0.29) is 5.41 Å². The maximum atomic E-state index is 14.8. The number of ether oxygens (including phenoxy) is 1. The molecule has 8 rings (SSSR count). The summed E-state index contributed by atoms with van der Waals surface area (Å²) in [6.45, 7) is 1.47. The SMILES string of the molecule is COc1cc2nc(F)c(CNCC34CC(F)(C3)C4)cc2cc1Cn1cc(-c2cccn3cncc23)nn1. The lowest BCUT2D eigenvalue weighted by Crippen LogP contribution is -2.67. The number of benzene rings is 1. The summed E-state index contributed by atoms with van der Waals surface area (Å²) in [6.07, 6.45) is 9.23. The second-order valence-corrected chi connectivity index (χ2v) is 10.5. The van der Waals surface area contributed by atoms with Gasteiger partial charge < -0.3 is 14.5 Å². The lowest BCUT2D eigenvalue weighted by Gasteiger charge is -2.66. The fourth-order valence-corrected chi connectivity index (χ4v) is 6.06. The van der Waals surface area contributed by atoms with Crippen LogP contribution in [-0.2, 0) is 13.1 Å². The number of hydrogen-bond acceptors (Lipinski definition) is 6. The van der Waals surface area contributed by atoms with Gasteiger partial charge in [-0.05, 0) is 48.9 Å². The molecule has 2 bridgehead atoms. The van der Waals surface area contributed by atoms with E-state index in [1.165, 1.54) is 0 Å². The zero-order valence-electron chi connectivity index (χ0n) is 20.3. The van der Waals surface area contributed by atoms with Crippen LogP contribution in [0.2, 0.25) is 0 Å². The number of methoxy groups -OCH3 is 1. The van der Waals surface area contributed by atoms with Gasteiger partial charge >= 0.3 is 0 Å². The van der Waals surface area contributed by atoms with Gasteiger partial charge in [-0.2, -0.15) is 4.39 Å². The van der Waals surface area contributed by atoms with E-state index in [9.17, 15) is 8.78 Å². The quantitative estimate of drug-likeness (QED) is 0.319. The zero-order chi connectivity index (χ0) is 25.2. The molecule has 10 heteroatoms. The summed E-state index contributed by atoms with van der Waals surface area (Å²) in [6, 6.07) is 9.45. The van der Waals surface area contributed by atoms with Gasteiger partial charge in [0, 0.05) is 47.4 Å². The van der Waals surface area contributed by atoms with Crippen molar-refractivity contribution in [2.45, 2.75) is 38.0 Å². The molecule has 188 valence electrons. The third kappa shape index (κ3) is 3.74. The van der Waals surface area contributed by atoms with Crippen molar-refractivity contribution in [2.24, 2.45) is 5.41 Å². The number of aromatic nitrogens is 6. The molecule has 1 N–H and O–H groups in total. The highest BCUT2D eigenvalue weighted by molar-refractivity contribution is 5.82. The average molecular weight is 502 g/mol. The Labute approximate surface area is 211 Å². The molecule has 1 aromatic carbocycles. The van der Waals surface area contributed by atoms with Gasteiger partial charge in [-0.25, -0.2) is 19.0 Å². The van der Waals surface area contributed by atoms with E-state index in [2.05, 4.69) is 25.6 Å². The predicted molar refractivity (Wildman–Crippen MR) is 133 cm³/mol. The van der Waals surface area contributed by atoms with Crippen molar-refractivity contribution in [3.8, 4) is 17.0 Å². The van der Waals surface area contributed by atoms with Crippen LogP contribution in [0.3, 0.4) is 0 Å². The summed E-state index contributed by atoms with van der Waals surface area (Å²) in [5.74, 6) is 0.0910. The lowest BCUT2D eigenvalue weighted by molar-refractivity contribution is -0.209. The summed E-state index contributed by atoms with van der Waals surface area (Å²) in [4.78, 5) is 8.39. The largest absolute Gasteiger partial charge is 0.496 e. The Kier molecular flexibility index (Phi) is 4.84. The molecule has 0 unspecified atom stereocenters. The highest BCUT2D eigenvalue weighted by atomic mass is 19.1. The number of rotatable bonds is 8. The minimum absolute atomic E-state index is 0.0657. The monoisotopic (exact) mass is 501 g/mol. The molecule has 3 aliphatic rings. The number of pyridine rings is 2. The Morgan fingerprint density at radius 2 is 2.00 bits per heavy atom. The third-order valence-electron chi connectivity index (χ3n) is 7.73. The molecular formula is C27H25F2N7O. The molecule has 8 nitrogen and oxygen atoms in total. The standard InChI is InChI=1S/C27H25F2N7O/c1-37-24-7-21-17(5-18(25(28)32-21)8-30-15-26-12-27(29,13-26)14-26)6-19(24)10-36-11-22(33-34-36)20-3-2-4-35-16-31-9-23(20)35/h2-7,9,11,16,30H,8,10,12-15H2,1H3. The number of imidazole rings is 1. The second-order valence-electron chi connectivity index (χ2n) is 10.5. The van der Waals surface area contributed by atoms with Gasteiger partial charge in [0.25, 0.3) is 0 Å². The van der Waals surface area contributed by atoms with Crippen LogP contribution in [0.15, 0.2) is 55.2 Å². The molecule has 3 saturated carbocycles. The molecule has 4 aromatic heterocycles. The smallest absolute Gasteiger partial charge is 0.217 e. The van der Waals surface area contributed by atoms with Gasteiger partial charge in [-0.15, -0.1) is 5.10 Å². The summed E-state index contributed by atoms with van der Waals surface area (Å²) >= 11 is 0. The molecule has 0 aliphatic heterocycles. The number of halogens is 2. The van der Waals surface area contributed by atoms with Gasteiger partial charge in [0.05, 0.1) is 43.4 Å². The first-order chi connectivity index (χ1) is 17.9. The number of nitrogens with zero attached hydrogens (tertiary/aromatic N) is 6. The Hall–Kier alpha value is -3.92. The molecule has 0 saturated heterocycles. The topological polar surface area (TPSA) is 82.2 Å².